The van der Waals surface area contributed by atoms with E-state index in [9.17, 15) is 73.2 Å². The summed E-state index contributed by atoms with van der Waals surface area (Å²) < 4.78 is 185. The molecule has 0 spiro atoms. The van der Waals surface area contributed by atoms with Crippen LogP contribution in [0.3, 0.4) is 0 Å². The third kappa shape index (κ3) is 25.9. The van der Waals surface area contributed by atoms with Crippen LogP contribution in [0.2, 0.25) is 0 Å². The molecule has 1 saturated carbocycles. The summed E-state index contributed by atoms with van der Waals surface area (Å²) in [6, 6.07) is 74.0. The van der Waals surface area contributed by atoms with Crippen LogP contribution < -0.4 is 47.9 Å². The van der Waals surface area contributed by atoms with Crippen LogP contribution in [0.15, 0.2) is 212 Å². The predicted octanol–water partition coefficient (Wildman–Crippen LogP) is 20.9. The Hall–Kier alpha value is -14.5. The van der Waals surface area contributed by atoms with Gasteiger partial charge >= 0.3 is 6.36 Å². The average Bonchev–Trinajstić information content (AvgIpc) is 1.62. The molecule has 0 atom stereocenters. The van der Waals surface area contributed by atoms with Crippen molar-refractivity contribution >= 4 is 146 Å². The molecule has 2 saturated heterocycles. The zero-order valence-electron chi connectivity index (χ0n) is 84.0. The van der Waals surface area contributed by atoms with E-state index in [1.54, 1.807) is 106 Å². The maximum atomic E-state index is 12.6. The van der Waals surface area contributed by atoms with Crippen molar-refractivity contribution in [1.29, 1.82) is 26.3 Å². The molecule has 1 aliphatic carbocycles. The number of nitrogens with zero attached hydrogens (tertiary/aromatic N) is 13. The van der Waals surface area contributed by atoms with Crippen LogP contribution in [-0.2, 0) is 77.6 Å². The van der Waals surface area contributed by atoms with Gasteiger partial charge in [0.25, 0.3) is 0 Å². The van der Waals surface area contributed by atoms with E-state index in [2.05, 4.69) is 77.3 Å². The Balaban J connectivity index is 0.000000147. The van der Waals surface area contributed by atoms with Crippen molar-refractivity contribution in [3.63, 3.8) is 0 Å². The summed E-state index contributed by atoms with van der Waals surface area (Å²) in [5.41, 5.74) is 23.5. The number of nitrogens with one attached hydrogen (secondary N) is 3. The van der Waals surface area contributed by atoms with Crippen LogP contribution in [-0.4, -0.2) is 195 Å². The van der Waals surface area contributed by atoms with Crippen LogP contribution in [0.1, 0.15) is 81.2 Å². The summed E-state index contributed by atoms with van der Waals surface area (Å²) in [7, 11) is -5.85. The van der Waals surface area contributed by atoms with Crippen molar-refractivity contribution in [3.8, 4) is 115 Å². The number of fused-ring (bicyclic) bond motifs is 5. The molecule has 0 bridgehead atoms. The largest absolute Gasteiger partial charge is 0.573 e. The number of methoxy groups -OCH3 is 4. The molecule has 3 fully saturated rings. The number of nitrogen functional groups attached to an aromatic ring is 1. The van der Waals surface area contributed by atoms with Gasteiger partial charge in [0, 0.05) is 171 Å². The number of ether oxygens (including phenoxy) is 6. The minimum atomic E-state index is -4.77. The average molecular weight is 2140 g/mol. The fourth-order valence-electron chi connectivity index (χ4n) is 19.0. The SMILES string of the molecule is CCn1c(-c2ccc(N(C)S(=O)(=O)CCl)cc2)c(C#N)c2ccc(OC)cc21.CCn1c(-c2ccc(N)cc2)c(C#N)c2ccc(OC(F)(F)F)cc21.CCn1c(-c2ccc(NS(=O)(=O)CCN3CCOCC3)cc2)c(C#N)c2ccc(OC)cc21.CCn1c(-c2ccc(NS(=O)(=O)CCN3CCSCC3)cc2)c(C#N)c2ccc(OC)cc21.COc1ccc2c(C#N)c(-c3ccc(NS(C)(=O)=O)cc3)n(CC3CCCC3)c2c1. The lowest BCUT2D eigenvalue weighted by atomic mass is 10.0. The molecule has 5 aromatic heterocycles. The van der Waals surface area contributed by atoms with Gasteiger partial charge in [-0.1, -0.05) is 73.5 Å². The first-order valence-corrected chi connectivity index (χ1v) is 56.6. The van der Waals surface area contributed by atoms with Gasteiger partial charge in [-0.3, -0.25) is 23.4 Å². The number of aryl methyl sites for hydroxylation is 4. The van der Waals surface area contributed by atoms with E-state index >= 15 is 0 Å². The molecule has 40 heteroatoms. The first-order chi connectivity index (χ1) is 71.5. The van der Waals surface area contributed by atoms with E-state index in [1.165, 1.54) is 50.9 Å². The maximum Gasteiger partial charge on any atom is 0.573 e. The summed E-state index contributed by atoms with van der Waals surface area (Å²) in [5, 5.41) is 52.8. The minimum Gasteiger partial charge on any atom is -0.497 e. The normalized spacial score (nSPS) is 13.6. The zero-order valence-corrected chi connectivity index (χ0v) is 88.8. The number of nitriles is 5. The van der Waals surface area contributed by atoms with Gasteiger partial charge in [-0.15, -0.1) is 24.8 Å². The van der Waals surface area contributed by atoms with Crippen molar-refractivity contribution in [2.45, 2.75) is 92.5 Å². The number of hydrogen-bond donors (Lipinski definition) is 4. The number of anilines is 5. The fraction of sp³-hybridized carbons (Fsp3) is 0.312. The quantitative estimate of drug-likeness (QED) is 0.0231. The number of thioether (sulfide) groups is 1. The molecule has 18 rings (SSSR count). The lowest BCUT2D eigenvalue weighted by Crippen LogP contribution is -2.39. The van der Waals surface area contributed by atoms with Crippen molar-refractivity contribution in [1.82, 2.24) is 32.6 Å². The second-order valence-electron chi connectivity index (χ2n) is 35.4. The van der Waals surface area contributed by atoms with E-state index < -0.39 is 51.7 Å². The van der Waals surface area contributed by atoms with Crippen LogP contribution in [0.25, 0.3) is 111 Å². The molecule has 3 aliphatic rings. The van der Waals surface area contributed by atoms with E-state index in [4.69, 9.17) is 41.0 Å². The summed E-state index contributed by atoms with van der Waals surface area (Å²) in [5.74, 6) is 5.43. The van der Waals surface area contributed by atoms with Crippen LogP contribution in [0, 0.1) is 62.6 Å². The molecular formula is C109H115ClF3N17O14S5. The number of hydrogen-bond acceptors (Lipinski definition) is 23. The summed E-state index contributed by atoms with van der Waals surface area (Å²) in [6.45, 7) is 17.0. The van der Waals surface area contributed by atoms with E-state index in [-0.39, 0.29) is 17.3 Å². The third-order valence-electron chi connectivity index (χ3n) is 26.2. The van der Waals surface area contributed by atoms with E-state index in [0.29, 0.717) is 131 Å². The molecule has 7 heterocycles. The van der Waals surface area contributed by atoms with Crippen molar-refractivity contribution in [2.75, 3.05) is 147 Å². The minimum absolute atomic E-state index is 0.0270. The Morgan fingerprint density at radius 1 is 0.430 bits per heavy atom. The Kier molecular flexibility index (Phi) is 35.9. The monoisotopic (exact) mass is 2140 g/mol. The second kappa shape index (κ2) is 48.6. The summed E-state index contributed by atoms with van der Waals surface area (Å²) in [6.07, 6.45) is 1.25. The molecule has 778 valence electrons. The second-order valence-corrected chi connectivity index (χ2v) is 44.6. The Labute approximate surface area is 875 Å². The first kappa shape index (κ1) is 110. The van der Waals surface area contributed by atoms with Gasteiger partial charge in [0.05, 0.1) is 149 Å². The highest BCUT2D eigenvalue weighted by atomic mass is 35.5. The summed E-state index contributed by atoms with van der Waals surface area (Å²) >= 11 is 7.44. The lowest BCUT2D eigenvalue weighted by molar-refractivity contribution is -0.274. The maximum absolute atomic E-state index is 12.6. The molecule has 5 N–H and O–H groups in total. The smallest absolute Gasteiger partial charge is 0.497 e. The third-order valence-corrected chi connectivity index (χ3v) is 32.5. The molecule has 0 radical (unpaired) electrons. The fourth-order valence-corrected chi connectivity index (χ4v) is 23.8. The number of benzene rings is 10. The number of halogens is 4. The van der Waals surface area contributed by atoms with Crippen molar-refractivity contribution in [3.05, 3.63) is 240 Å². The van der Waals surface area contributed by atoms with E-state index in [1.807, 2.05) is 161 Å². The number of rotatable bonds is 31. The molecule has 149 heavy (non-hydrogen) atoms. The Bertz CT molecular complexity index is 7890. The van der Waals surface area contributed by atoms with Crippen molar-refractivity contribution in [2.24, 2.45) is 5.92 Å². The molecule has 31 nitrogen and oxygen atoms in total. The van der Waals surface area contributed by atoms with Gasteiger partial charge in [-0.2, -0.15) is 38.1 Å². The van der Waals surface area contributed by atoms with Crippen LogP contribution in [0.5, 0.6) is 28.7 Å². The highest BCUT2D eigenvalue weighted by Gasteiger charge is 2.33. The van der Waals surface area contributed by atoms with Gasteiger partial charge < -0.3 is 61.9 Å². The van der Waals surface area contributed by atoms with Crippen LogP contribution >= 0.6 is 23.4 Å². The predicted molar refractivity (Wildman–Crippen MR) is 585 cm³/mol. The van der Waals surface area contributed by atoms with Gasteiger partial charge in [-0.25, -0.2) is 33.7 Å². The highest BCUT2D eigenvalue weighted by molar-refractivity contribution is 7.99. The molecular weight excluding hydrogens is 2020 g/mol. The number of sulfonamides is 4. The number of alkyl halides is 4. The first-order valence-electron chi connectivity index (χ1n) is 48.1. The summed E-state index contributed by atoms with van der Waals surface area (Å²) in [4.78, 5) is 4.29. The van der Waals surface area contributed by atoms with Gasteiger partial charge in [-0.05, 0) is 196 Å². The lowest BCUT2D eigenvalue weighted by Gasteiger charge is -2.26. The number of nitrogens with two attached hydrogens (primary N) is 1. The zero-order chi connectivity index (χ0) is 107. The standard InChI is InChI=1S/C24H28N4O4S.C24H28N4O3S2.C23H25N3O3S.C20H20ClN3O3S.C18H14F3N3O/c2*1-3-28-23-16-20(31-2)8-9-21(23)22(17-25)24(28)18-4-6-19(7-5-18)26-33(29,30)15-12-27-10-13-32-14-11-27;1-29-19-11-12-20-21(14-24)23(17-7-9-18(10-8-17)25-30(2,27)28)26(22(20)13-19)15-16-5-3-4-6-16;1-4-24-19-11-16(27-3)9-10-17(19)18(12-22)20(24)14-5-7-15(8-6-14)23(2)28(25,26)13-21;1-2-24-16-9-13(25-18(19,20)21)7-8-14(16)15(10-22)17(24)11-3-5-12(23)6-4-11/h2*4-9,16,26H,3,10-15H2,1-2H3;7-13,16,25H,3-6,15H2,1-2H3;5-11H,4,13H2,1-3H3;3-9H,2,23H2,1H3. The number of aromatic nitrogens is 5. The van der Waals surface area contributed by atoms with Gasteiger partial charge in [0.15, 0.2) is 0 Å². The molecule has 15 aromatic rings. The molecule has 10 aromatic carbocycles. The van der Waals surface area contributed by atoms with Crippen LogP contribution in [0.4, 0.5) is 41.6 Å². The molecule has 0 amide bonds. The number of morpholine rings is 1. The Morgan fingerprint density at radius 2 is 0.725 bits per heavy atom. The molecule has 0 unspecified atom stereocenters. The topological polar surface area (TPSA) is 407 Å². The Morgan fingerprint density at radius 3 is 1.03 bits per heavy atom. The van der Waals surface area contributed by atoms with Gasteiger partial charge in [0.2, 0.25) is 40.1 Å². The molecule has 2 aliphatic heterocycles. The highest BCUT2D eigenvalue weighted by Crippen LogP contribution is 2.44. The van der Waals surface area contributed by atoms with Gasteiger partial charge in [0.1, 0.15) is 64.3 Å². The van der Waals surface area contributed by atoms with Crippen molar-refractivity contribution < 1.29 is 75.3 Å². The van der Waals surface area contributed by atoms with E-state index in [0.717, 1.165) is 172 Å².